The average Bonchev–Trinajstić information content (AvgIpc) is 3.20. The molecule has 204 valence electrons. The first-order chi connectivity index (χ1) is 18.1. The Morgan fingerprint density at radius 1 is 1.13 bits per heavy atom. The summed E-state index contributed by atoms with van der Waals surface area (Å²) in [5, 5.41) is 18.3. The Morgan fingerprint density at radius 2 is 1.84 bits per heavy atom. The number of methoxy groups -OCH3 is 2. The molecule has 15 heteroatoms. The van der Waals surface area contributed by atoms with Gasteiger partial charge >= 0.3 is 0 Å². The van der Waals surface area contributed by atoms with E-state index in [1.165, 1.54) is 39.3 Å². The summed E-state index contributed by atoms with van der Waals surface area (Å²) in [5.41, 5.74) is -0.162. The summed E-state index contributed by atoms with van der Waals surface area (Å²) in [5.74, 6) is -1.55. The zero-order valence-corrected chi connectivity index (χ0v) is 21.6. The van der Waals surface area contributed by atoms with E-state index in [1.54, 1.807) is 0 Å². The van der Waals surface area contributed by atoms with Gasteiger partial charge in [0.25, 0.3) is 11.6 Å². The van der Waals surface area contributed by atoms with E-state index in [0.29, 0.717) is 0 Å². The van der Waals surface area contributed by atoms with E-state index in [9.17, 15) is 27.7 Å². The number of nitro groups is 1. The molecule has 0 saturated heterocycles. The van der Waals surface area contributed by atoms with Crippen LogP contribution in [0.1, 0.15) is 16.1 Å². The average molecular weight is 552 g/mol. The van der Waals surface area contributed by atoms with Gasteiger partial charge in [0.05, 0.1) is 23.8 Å². The molecule has 0 spiro atoms. The van der Waals surface area contributed by atoms with E-state index in [4.69, 9.17) is 14.2 Å². The number of rotatable bonds is 13. The number of sulfonamides is 1. The third-order valence-electron chi connectivity index (χ3n) is 5.16. The summed E-state index contributed by atoms with van der Waals surface area (Å²) < 4.78 is 59.2. The first kappa shape index (κ1) is 28.6. The van der Waals surface area contributed by atoms with Gasteiger partial charge in [0.15, 0.2) is 5.69 Å². The van der Waals surface area contributed by atoms with Crippen molar-refractivity contribution in [1.82, 2.24) is 19.8 Å². The number of carbonyl (C=O) groups is 1. The predicted molar refractivity (Wildman–Crippen MR) is 133 cm³/mol. The highest BCUT2D eigenvalue weighted by Crippen LogP contribution is 2.35. The monoisotopic (exact) mass is 551 g/mol. The lowest BCUT2D eigenvalue weighted by atomic mass is 10.2. The van der Waals surface area contributed by atoms with Crippen molar-refractivity contribution in [2.24, 2.45) is 0 Å². The normalized spacial score (nSPS) is 11.4. The first-order valence-electron chi connectivity index (χ1n) is 11.2. The fraction of sp³-hybridized carbons (Fsp3) is 0.304. The molecule has 0 unspecified atom stereocenters. The van der Waals surface area contributed by atoms with Crippen molar-refractivity contribution < 1.29 is 36.7 Å². The van der Waals surface area contributed by atoms with Gasteiger partial charge in [-0.1, -0.05) is 6.07 Å². The predicted octanol–water partition coefficient (Wildman–Crippen LogP) is 2.32. The number of aromatic nitrogens is 2. The molecule has 1 aromatic heterocycles. The first-order valence-corrected chi connectivity index (χ1v) is 12.6. The van der Waals surface area contributed by atoms with E-state index >= 15 is 0 Å². The fourth-order valence-electron chi connectivity index (χ4n) is 3.31. The van der Waals surface area contributed by atoms with Crippen LogP contribution in [0.2, 0.25) is 0 Å². The number of benzene rings is 2. The lowest BCUT2D eigenvalue weighted by Crippen LogP contribution is -2.28. The van der Waals surface area contributed by atoms with Gasteiger partial charge < -0.3 is 19.5 Å². The number of halogens is 1. The van der Waals surface area contributed by atoms with Crippen LogP contribution in [-0.2, 0) is 19.5 Å². The molecule has 0 saturated carbocycles. The van der Waals surface area contributed by atoms with Crippen LogP contribution in [0.4, 0.5) is 10.1 Å². The van der Waals surface area contributed by atoms with E-state index in [2.05, 4.69) is 15.1 Å². The fourth-order valence-corrected chi connectivity index (χ4v) is 4.47. The van der Waals surface area contributed by atoms with Crippen LogP contribution in [0.3, 0.4) is 0 Å². The maximum atomic E-state index is 14.0. The molecule has 0 radical (unpaired) electrons. The summed E-state index contributed by atoms with van der Waals surface area (Å²) in [4.78, 5) is 22.9. The Labute approximate surface area is 217 Å². The van der Waals surface area contributed by atoms with Crippen LogP contribution in [0.15, 0.2) is 47.4 Å². The number of hydrogen-bond acceptors (Lipinski definition) is 9. The third kappa shape index (κ3) is 6.69. The topological polar surface area (TPSA) is 164 Å². The Kier molecular flexibility index (Phi) is 9.46. The molecule has 0 aliphatic heterocycles. The third-order valence-corrected chi connectivity index (χ3v) is 6.64. The second-order valence-electron chi connectivity index (χ2n) is 7.80. The highest BCUT2D eigenvalue weighted by Gasteiger charge is 2.28. The van der Waals surface area contributed by atoms with Crippen molar-refractivity contribution in [3.05, 3.63) is 69.7 Å². The van der Waals surface area contributed by atoms with Crippen LogP contribution >= 0.6 is 0 Å². The Morgan fingerprint density at radius 3 is 2.50 bits per heavy atom. The van der Waals surface area contributed by atoms with Gasteiger partial charge in [-0.3, -0.25) is 14.9 Å². The van der Waals surface area contributed by atoms with E-state index < -0.39 is 37.3 Å². The smallest absolute Gasteiger partial charge is 0.272 e. The summed E-state index contributed by atoms with van der Waals surface area (Å²) in [6.45, 7) is 1.90. The number of nitrogens with zero attached hydrogens (tertiary/aromatic N) is 3. The van der Waals surface area contributed by atoms with Crippen molar-refractivity contribution in [1.29, 1.82) is 0 Å². The molecule has 0 aliphatic rings. The van der Waals surface area contributed by atoms with Gasteiger partial charge in [-0.2, -0.15) is 9.78 Å². The molecule has 0 atom stereocenters. The Bertz CT molecular complexity index is 1430. The molecule has 0 aliphatic carbocycles. The molecular formula is C23H26FN5O8S. The van der Waals surface area contributed by atoms with Crippen LogP contribution in [0.25, 0.3) is 5.69 Å². The lowest BCUT2D eigenvalue weighted by Gasteiger charge is -2.14. The molecular weight excluding hydrogens is 525 g/mol. The zero-order valence-electron chi connectivity index (χ0n) is 20.8. The highest BCUT2D eigenvalue weighted by molar-refractivity contribution is 7.89. The minimum absolute atomic E-state index is 0.0529. The minimum Gasteiger partial charge on any atom is -0.437 e. The largest absolute Gasteiger partial charge is 0.437 e. The summed E-state index contributed by atoms with van der Waals surface area (Å²) in [6.07, 6.45) is 0. The number of carbonyl (C=O) groups excluding carboxylic acids is 1. The van der Waals surface area contributed by atoms with Gasteiger partial charge in [-0.05, 0) is 31.2 Å². The summed E-state index contributed by atoms with van der Waals surface area (Å²) in [7, 11) is -1.44. The SMILES string of the molecule is COCCNC(=O)c1nn(-c2cccc(F)c2)c(Oc2ccc([N+](=O)[O-])cc2S(=O)(=O)NCCOC)c1C. The molecule has 0 bridgehead atoms. The van der Waals surface area contributed by atoms with E-state index in [1.807, 2.05) is 0 Å². The molecule has 1 amide bonds. The molecule has 1 heterocycles. The van der Waals surface area contributed by atoms with Crippen LogP contribution in [-0.4, -0.2) is 69.6 Å². The highest BCUT2D eigenvalue weighted by atomic mass is 32.2. The minimum atomic E-state index is -4.30. The lowest BCUT2D eigenvalue weighted by molar-refractivity contribution is -0.385. The number of nitrogens with one attached hydrogen (secondary N) is 2. The van der Waals surface area contributed by atoms with Gasteiger partial charge in [0, 0.05) is 45.0 Å². The molecule has 0 fully saturated rings. The number of nitro benzene ring substituents is 1. The molecule has 3 aromatic rings. The van der Waals surface area contributed by atoms with Gasteiger partial charge in [-0.15, -0.1) is 0 Å². The molecule has 2 aromatic carbocycles. The molecule has 2 N–H and O–H groups in total. The second-order valence-corrected chi connectivity index (χ2v) is 9.54. The van der Waals surface area contributed by atoms with Crippen molar-refractivity contribution in [2.75, 3.05) is 40.5 Å². The number of amides is 1. The number of non-ortho nitro benzene ring substituents is 1. The summed E-state index contributed by atoms with van der Waals surface area (Å²) >= 11 is 0. The van der Waals surface area contributed by atoms with Crippen molar-refractivity contribution in [2.45, 2.75) is 11.8 Å². The Hall–Kier alpha value is -3.92. The molecule has 38 heavy (non-hydrogen) atoms. The Balaban J connectivity index is 2.14. The van der Waals surface area contributed by atoms with Gasteiger partial charge in [0.1, 0.15) is 16.5 Å². The van der Waals surface area contributed by atoms with Crippen molar-refractivity contribution >= 4 is 21.6 Å². The van der Waals surface area contributed by atoms with E-state index in [0.717, 1.165) is 28.9 Å². The standard InChI is InChI=1S/C23H26FN5O8S/c1-15-21(22(30)25-9-11-35-2)27-28(17-6-4-5-16(24)13-17)23(15)37-19-8-7-18(29(31)32)14-20(19)38(33,34)26-10-12-36-3/h4-8,13-14,26H,9-12H2,1-3H3,(H,25,30). The number of ether oxygens (including phenoxy) is 3. The van der Waals surface area contributed by atoms with Crippen LogP contribution in [0.5, 0.6) is 11.6 Å². The zero-order chi connectivity index (χ0) is 27.9. The van der Waals surface area contributed by atoms with Crippen molar-refractivity contribution in [3.63, 3.8) is 0 Å². The van der Waals surface area contributed by atoms with Gasteiger partial charge in [-0.25, -0.2) is 17.5 Å². The number of hydrogen-bond donors (Lipinski definition) is 2. The maximum Gasteiger partial charge on any atom is 0.272 e. The molecule has 3 rings (SSSR count). The molecule has 13 nitrogen and oxygen atoms in total. The quantitative estimate of drug-likeness (QED) is 0.184. The van der Waals surface area contributed by atoms with Crippen molar-refractivity contribution in [3.8, 4) is 17.3 Å². The van der Waals surface area contributed by atoms with Gasteiger partial charge in [0.2, 0.25) is 15.9 Å². The maximum absolute atomic E-state index is 14.0. The summed E-state index contributed by atoms with van der Waals surface area (Å²) in [6, 6.07) is 8.32. The van der Waals surface area contributed by atoms with Crippen LogP contribution < -0.4 is 14.8 Å². The second kappa shape index (κ2) is 12.6. The van der Waals surface area contributed by atoms with E-state index in [-0.39, 0.29) is 54.9 Å². The van der Waals surface area contributed by atoms with Crippen LogP contribution in [0, 0.1) is 22.9 Å².